The molecule has 0 bridgehead atoms. The molecule has 0 aliphatic carbocycles. The number of piperidine rings is 1. The first-order valence-corrected chi connectivity index (χ1v) is 8.20. The number of aryl methyl sites for hydroxylation is 1. The van der Waals surface area contributed by atoms with Crippen LogP contribution < -0.4 is 4.90 Å². The number of nitriles is 1. The second-order valence-electron chi connectivity index (χ2n) is 6.53. The van der Waals surface area contributed by atoms with Crippen LogP contribution in [0.2, 0.25) is 0 Å². The third-order valence-electron chi connectivity index (χ3n) is 4.73. The number of hydrogen-bond donors (Lipinski definition) is 0. The second kappa shape index (κ2) is 6.97. The van der Waals surface area contributed by atoms with Crippen LogP contribution in [0.1, 0.15) is 30.1 Å². The maximum absolute atomic E-state index is 8.84. The Morgan fingerprint density at radius 3 is 2.75 bits per heavy atom. The summed E-state index contributed by atoms with van der Waals surface area (Å²) in [6.07, 6.45) is 9.66. The smallest absolute Gasteiger partial charge is 0.158 e. The van der Waals surface area contributed by atoms with Gasteiger partial charge in [0, 0.05) is 38.4 Å². The van der Waals surface area contributed by atoms with Crippen molar-refractivity contribution in [1.29, 1.82) is 5.26 Å². The van der Waals surface area contributed by atoms with Crippen molar-refractivity contribution < 1.29 is 0 Å². The van der Waals surface area contributed by atoms with Crippen molar-refractivity contribution in [2.24, 2.45) is 13.0 Å². The summed E-state index contributed by atoms with van der Waals surface area (Å²) in [6.45, 7) is 2.00. The summed E-state index contributed by atoms with van der Waals surface area (Å²) in [6, 6.07) is 2.37. The van der Waals surface area contributed by atoms with Gasteiger partial charge in [0.25, 0.3) is 0 Å². The Balaban J connectivity index is 1.76. The first-order valence-electron chi connectivity index (χ1n) is 8.20. The van der Waals surface area contributed by atoms with E-state index in [1.165, 1.54) is 24.6 Å². The van der Waals surface area contributed by atoms with E-state index in [0.717, 1.165) is 18.9 Å². The maximum Gasteiger partial charge on any atom is 0.158 e. The number of likely N-dealkylation sites (tertiary alicyclic amines) is 1. The van der Waals surface area contributed by atoms with Crippen LogP contribution in [0.25, 0.3) is 0 Å². The van der Waals surface area contributed by atoms with Crippen LogP contribution in [0.4, 0.5) is 5.82 Å². The van der Waals surface area contributed by atoms with Gasteiger partial charge < -0.3 is 4.90 Å². The number of rotatable bonds is 4. The predicted molar refractivity (Wildman–Crippen MR) is 91.3 cm³/mol. The van der Waals surface area contributed by atoms with Crippen molar-refractivity contribution >= 4 is 5.82 Å². The lowest BCUT2D eigenvalue weighted by molar-refractivity contribution is 0.124. The number of nitrogens with zero attached hydrogens (tertiary/aromatic N) is 7. The standard InChI is InChI=1S/C17H23N7/c1-22-6-4-5-13(17(22)14-8-21-24(3)12-14)11-23(2)16-10-19-15(7-18)9-20-16/h8-10,12-13,17H,4-6,11H2,1-3H3/t13-,17+/m0/s1. The Hall–Kier alpha value is -2.46. The van der Waals surface area contributed by atoms with Crippen molar-refractivity contribution in [3.63, 3.8) is 0 Å². The van der Waals surface area contributed by atoms with Gasteiger partial charge >= 0.3 is 0 Å². The van der Waals surface area contributed by atoms with E-state index in [-0.39, 0.29) is 0 Å². The van der Waals surface area contributed by atoms with Gasteiger partial charge in [-0.3, -0.25) is 9.58 Å². The summed E-state index contributed by atoms with van der Waals surface area (Å²) in [5.41, 5.74) is 1.61. The molecule has 0 spiro atoms. The Kier molecular flexibility index (Phi) is 4.76. The molecule has 0 amide bonds. The van der Waals surface area contributed by atoms with Gasteiger partial charge in [-0.1, -0.05) is 0 Å². The molecule has 2 aromatic rings. The molecule has 0 N–H and O–H groups in total. The van der Waals surface area contributed by atoms with E-state index in [2.05, 4.69) is 38.1 Å². The fourth-order valence-electron chi connectivity index (χ4n) is 3.59. The third-order valence-corrected chi connectivity index (χ3v) is 4.73. The van der Waals surface area contributed by atoms with Gasteiger partial charge in [0.15, 0.2) is 5.69 Å². The minimum absolute atomic E-state index is 0.345. The zero-order valence-electron chi connectivity index (χ0n) is 14.4. The Labute approximate surface area is 142 Å². The monoisotopic (exact) mass is 325 g/mol. The van der Waals surface area contributed by atoms with Crippen LogP contribution in [0.5, 0.6) is 0 Å². The summed E-state index contributed by atoms with van der Waals surface area (Å²) in [5, 5.41) is 13.2. The highest BCUT2D eigenvalue weighted by Gasteiger charge is 2.32. The molecule has 3 rings (SSSR count). The topological polar surface area (TPSA) is 73.9 Å². The molecule has 1 aliphatic heterocycles. The lowest BCUT2D eigenvalue weighted by atomic mass is 9.86. The zero-order valence-corrected chi connectivity index (χ0v) is 14.4. The zero-order chi connectivity index (χ0) is 17.1. The fourth-order valence-corrected chi connectivity index (χ4v) is 3.59. The third kappa shape index (κ3) is 3.39. The molecular weight excluding hydrogens is 302 g/mol. The van der Waals surface area contributed by atoms with Gasteiger partial charge in [-0.25, -0.2) is 9.97 Å². The molecule has 0 unspecified atom stereocenters. The molecule has 1 fully saturated rings. The van der Waals surface area contributed by atoms with Crippen LogP contribution in [0.3, 0.4) is 0 Å². The van der Waals surface area contributed by atoms with E-state index in [1.54, 1.807) is 6.20 Å². The summed E-state index contributed by atoms with van der Waals surface area (Å²) < 4.78 is 1.87. The maximum atomic E-state index is 8.84. The first kappa shape index (κ1) is 16.4. The van der Waals surface area contributed by atoms with Crippen molar-refractivity contribution in [1.82, 2.24) is 24.6 Å². The second-order valence-corrected chi connectivity index (χ2v) is 6.53. The van der Waals surface area contributed by atoms with Gasteiger partial charge in [-0.15, -0.1) is 0 Å². The fraction of sp³-hybridized carbons (Fsp3) is 0.529. The Morgan fingerprint density at radius 1 is 1.29 bits per heavy atom. The number of hydrogen-bond acceptors (Lipinski definition) is 6. The van der Waals surface area contributed by atoms with E-state index in [9.17, 15) is 0 Å². The van der Waals surface area contributed by atoms with Crippen LogP contribution >= 0.6 is 0 Å². The van der Waals surface area contributed by atoms with E-state index in [1.807, 2.05) is 31.0 Å². The van der Waals surface area contributed by atoms with Crippen LogP contribution in [0, 0.1) is 17.2 Å². The van der Waals surface area contributed by atoms with Gasteiger partial charge in [0.1, 0.15) is 11.9 Å². The number of aromatic nitrogens is 4. The van der Waals surface area contributed by atoms with Gasteiger partial charge in [-0.2, -0.15) is 10.4 Å². The quantitative estimate of drug-likeness (QED) is 0.850. The molecular formula is C17H23N7. The molecule has 0 aromatic carbocycles. The highest BCUT2D eigenvalue weighted by molar-refractivity contribution is 5.36. The molecule has 24 heavy (non-hydrogen) atoms. The summed E-state index contributed by atoms with van der Waals surface area (Å²) in [4.78, 5) is 13.0. The number of anilines is 1. The molecule has 3 heterocycles. The molecule has 1 aliphatic rings. The van der Waals surface area contributed by atoms with Crippen molar-refractivity contribution in [2.75, 3.05) is 32.1 Å². The van der Waals surface area contributed by atoms with Gasteiger partial charge in [-0.05, 0) is 32.4 Å². The molecule has 7 nitrogen and oxygen atoms in total. The molecule has 0 radical (unpaired) electrons. The Bertz CT molecular complexity index is 715. The van der Waals surface area contributed by atoms with Crippen LogP contribution in [0.15, 0.2) is 24.8 Å². The van der Waals surface area contributed by atoms with Gasteiger partial charge in [0.2, 0.25) is 0 Å². The average molecular weight is 325 g/mol. The van der Waals surface area contributed by atoms with Gasteiger partial charge in [0.05, 0.1) is 18.6 Å². The van der Waals surface area contributed by atoms with E-state index >= 15 is 0 Å². The summed E-state index contributed by atoms with van der Waals surface area (Å²) >= 11 is 0. The van der Waals surface area contributed by atoms with Crippen molar-refractivity contribution in [3.8, 4) is 6.07 Å². The van der Waals surface area contributed by atoms with E-state index < -0.39 is 0 Å². The molecule has 126 valence electrons. The molecule has 1 saturated heterocycles. The van der Waals surface area contributed by atoms with E-state index in [4.69, 9.17) is 5.26 Å². The first-order chi connectivity index (χ1) is 11.6. The highest BCUT2D eigenvalue weighted by Crippen LogP contribution is 2.35. The van der Waals surface area contributed by atoms with Crippen molar-refractivity contribution in [2.45, 2.75) is 18.9 Å². The molecule has 2 atom stereocenters. The molecule has 7 heteroatoms. The molecule has 2 aromatic heterocycles. The normalized spacial score (nSPS) is 21.4. The highest BCUT2D eigenvalue weighted by atomic mass is 15.3. The summed E-state index contributed by atoms with van der Waals surface area (Å²) in [5.74, 6) is 1.29. The largest absolute Gasteiger partial charge is 0.358 e. The van der Waals surface area contributed by atoms with Crippen LogP contribution in [-0.2, 0) is 7.05 Å². The average Bonchev–Trinajstić information content (AvgIpc) is 3.01. The predicted octanol–water partition coefficient (Wildman–Crippen LogP) is 1.60. The SMILES string of the molecule is CN(C[C@@H]1CCCN(C)[C@H]1c1cnn(C)c1)c1cnc(C#N)cn1. The lowest BCUT2D eigenvalue weighted by Crippen LogP contribution is -2.41. The lowest BCUT2D eigenvalue weighted by Gasteiger charge is -2.40. The van der Waals surface area contributed by atoms with Crippen molar-refractivity contribution in [3.05, 3.63) is 36.0 Å². The minimum atomic E-state index is 0.345. The minimum Gasteiger partial charge on any atom is -0.358 e. The van der Waals surface area contributed by atoms with E-state index in [0.29, 0.717) is 17.7 Å². The Morgan fingerprint density at radius 2 is 2.12 bits per heavy atom. The molecule has 0 saturated carbocycles. The van der Waals surface area contributed by atoms with Crippen LogP contribution in [-0.4, -0.2) is 51.8 Å². The summed E-state index contributed by atoms with van der Waals surface area (Å²) in [7, 11) is 6.18.